The minimum Gasteiger partial charge on any atom is -0.462 e. The standard InChI is InChI=1S/C81H150O17P2/c1-6-10-13-16-19-22-24-26-32-37-41-45-50-55-60-65-79(84)92-71-77(98-81(86)67-62-57-52-47-43-39-35-31-29-28-30-34-36-40-44-48-53-58-63-74(5)9-4)73-96-100(89,90)94-69-75(82)68-93-99(87,88)95-72-76(70-91-78(83)64-59-54-49-21-18-15-12-8-3)97-80(85)66-61-56-51-46-42-38-33-27-25-23-20-17-14-11-7-2/h22-27,32-33,74-77,82H,6-21,28-31,34-73H2,1-5H3,(H,87,88)(H,89,90)/b24-22-,25-23-,32-26-,33-27-/t74?,75-,76+,77+/m0/s1. The van der Waals surface area contributed by atoms with Crippen molar-refractivity contribution >= 4 is 39.5 Å². The molecule has 0 amide bonds. The summed E-state index contributed by atoms with van der Waals surface area (Å²) in [4.78, 5) is 72.8. The molecule has 0 saturated heterocycles. The monoisotopic (exact) mass is 1460 g/mol. The molecular formula is C81H150O17P2. The van der Waals surface area contributed by atoms with Crippen molar-refractivity contribution in [3.8, 4) is 0 Å². The van der Waals surface area contributed by atoms with E-state index in [1.807, 2.05) is 0 Å². The van der Waals surface area contributed by atoms with Crippen LogP contribution in [0.5, 0.6) is 0 Å². The number of allylic oxidation sites excluding steroid dienone is 8. The van der Waals surface area contributed by atoms with Gasteiger partial charge in [0.2, 0.25) is 0 Å². The van der Waals surface area contributed by atoms with E-state index in [-0.39, 0.29) is 25.7 Å². The number of aliphatic hydroxyl groups is 1. The Morgan fingerprint density at radius 3 is 0.850 bits per heavy atom. The Hall–Kier alpha value is -2.98. The maximum Gasteiger partial charge on any atom is 0.472 e. The van der Waals surface area contributed by atoms with Gasteiger partial charge in [0.05, 0.1) is 26.4 Å². The molecule has 586 valence electrons. The number of hydrogen-bond donors (Lipinski definition) is 3. The summed E-state index contributed by atoms with van der Waals surface area (Å²) in [6.07, 6.45) is 69.7. The summed E-state index contributed by atoms with van der Waals surface area (Å²) in [5, 5.41) is 10.6. The first kappa shape index (κ1) is 97.0. The normalized spacial score (nSPS) is 14.4. The number of hydrogen-bond acceptors (Lipinski definition) is 15. The Kier molecular flexibility index (Phi) is 70.8. The highest BCUT2D eigenvalue weighted by Gasteiger charge is 2.30. The van der Waals surface area contributed by atoms with Crippen LogP contribution in [0, 0.1) is 5.92 Å². The third kappa shape index (κ3) is 72.0. The fourth-order valence-corrected chi connectivity index (χ4v) is 13.1. The number of carbonyl (C=O) groups excluding carboxylic acids is 4. The van der Waals surface area contributed by atoms with Gasteiger partial charge in [-0.25, -0.2) is 9.13 Å². The van der Waals surface area contributed by atoms with Crippen molar-refractivity contribution in [2.75, 3.05) is 39.6 Å². The Balaban J connectivity index is 5.24. The largest absolute Gasteiger partial charge is 0.472 e. The van der Waals surface area contributed by atoms with Crippen LogP contribution in [0.4, 0.5) is 0 Å². The highest BCUT2D eigenvalue weighted by atomic mass is 31.2. The second kappa shape index (κ2) is 72.9. The molecule has 19 heteroatoms. The van der Waals surface area contributed by atoms with Gasteiger partial charge in [-0.3, -0.25) is 37.3 Å². The van der Waals surface area contributed by atoms with E-state index in [0.717, 1.165) is 134 Å². The minimum absolute atomic E-state index is 0.0828. The predicted octanol–water partition coefficient (Wildman–Crippen LogP) is 23.5. The smallest absolute Gasteiger partial charge is 0.462 e. The summed E-state index contributed by atoms with van der Waals surface area (Å²) >= 11 is 0. The van der Waals surface area contributed by atoms with Crippen molar-refractivity contribution < 1.29 is 80.2 Å². The van der Waals surface area contributed by atoms with Gasteiger partial charge in [0.15, 0.2) is 12.2 Å². The van der Waals surface area contributed by atoms with Crippen LogP contribution in [0.3, 0.4) is 0 Å². The summed E-state index contributed by atoms with van der Waals surface area (Å²) in [5.74, 6) is -1.30. The van der Waals surface area contributed by atoms with E-state index in [1.165, 1.54) is 167 Å². The number of phosphoric ester groups is 2. The number of unbranched alkanes of at least 4 members (excludes halogenated alkanes) is 42. The van der Waals surface area contributed by atoms with Crippen molar-refractivity contribution in [1.82, 2.24) is 0 Å². The first-order chi connectivity index (χ1) is 48.6. The Bertz CT molecular complexity index is 2100. The lowest BCUT2D eigenvalue weighted by atomic mass is 9.99. The van der Waals surface area contributed by atoms with Crippen LogP contribution in [0.2, 0.25) is 0 Å². The fraction of sp³-hybridized carbons (Fsp3) is 0.852. The zero-order valence-electron chi connectivity index (χ0n) is 64.3. The van der Waals surface area contributed by atoms with E-state index in [4.69, 9.17) is 37.0 Å². The average molecular weight is 1460 g/mol. The predicted molar refractivity (Wildman–Crippen MR) is 409 cm³/mol. The van der Waals surface area contributed by atoms with Crippen LogP contribution in [0.25, 0.3) is 0 Å². The number of esters is 4. The molecule has 0 saturated carbocycles. The van der Waals surface area contributed by atoms with E-state index in [0.29, 0.717) is 25.7 Å². The molecular weight excluding hydrogens is 1310 g/mol. The SMILES string of the molecule is CCCCCC/C=C\C=C/CCCCCCCC(=O)OC[C@H](COP(=O)(O)OC[C@@H](O)COP(=O)(O)OC[C@@H](COC(=O)CCCCCCCCCC)OC(=O)CCCCCCC/C=C\C=C/CCCCCC)OC(=O)CCCCCCCCCCCCCCCCCCCCC(C)CC. The van der Waals surface area contributed by atoms with Crippen molar-refractivity contribution in [2.24, 2.45) is 5.92 Å². The van der Waals surface area contributed by atoms with E-state index >= 15 is 0 Å². The van der Waals surface area contributed by atoms with Crippen LogP contribution in [0.1, 0.15) is 381 Å². The molecule has 6 atom stereocenters. The minimum atomic E-state index is -4.97. The molecule has 0 heterocycles. The maximum atomic E-state index is 13.1. The molecule has 0 aromatic heterocycles. The highest BCUT2D eigenvalue weighted by molar-refractivity contribution is 7.47. The van der Waals surface area contributed by atoms with E-state index < -0.39 is 97.5 Å². The first-order valence-corrected chi connectivity index (χ1v) is 43.8. The van der Waals surface area contributed by atoms with E-state index in [2.05, 4.69) is 83.2 Å². The third-order valence-corrected chi connectivity index (χ3v) is 20.0. The van der Waals surface area contributed by atoms with Gasteiger partial charge >= 0.3 is 39.5 Å². The fourth-order valence-electron chi connectivity index (χ4n) is 11.5. The molecule has 0 radical (unpaired) electrons. The molecule has 3 N–H and O–H groups in total. The molecule has 0 aliphatic heterocycles. The van der Waals surface area contributed by atoms with Crippen molar-refractivity contribution in [3.05, 3.63) is 48.6 Å². The molecule has 0 rings (SSSR count). The van der Waals surface area contributed by atoms with Crippen LogP contribution < -0.4 is 0 Å². The van der Waals surface area contributed by atoms with Gasteiger partial charge in [0.25, 0.3) is 0 Å². The molecule has 0 aromatic rings. The number of phosphoric acid groups is 2. The first-order valence-electron chi connectivity index (χ1n) is 40.8. The lowest BCUT2D eigenvalue weighted by Crippen LogP contribution is -2.30. The van der Waals surface area contributed by atoms with Gasteiger partial charge in [-0.2, -0.15) is 0 Å². The quantitative estimate of drug-likeness (QED) is 0.0169. The van der Waals surface area contributed by atoms with Gasteiger partial charge in [-0.1, -0.05) is 327 Å². The zero-order chi connectivity index (χ0) is 73.4. The molecule has 100 heavy (non-hydrogen) atoms. The number of ether oxygens (including phenoxy) is 4. The van der Waals surface area contributed by atoms with Gasteiger partial charge in [-0.05, 0) is 83.0 Å². The number of carbonyl (C=O) groups is 4. The third-order valence-electron chi connectivity index (χ3n) is 18.1. The molecule has 17 nitrogen and oxygen atoms in total. The van der Waals surface area contributed by atoms with Crippen LogP contribution in [-0.2, 0) is 65.4 Å². The van der Waals surface area contributed by atoms with Crippen LogP contribution in [-0.4, -0.2) is 96.7 Å². The average Bonchev–Trinajstić information content (AvgIpc) is 0.953. The molecule has 3 unspecified atom stereocenters. The topological polar surface area (TPSA) is 237 Å². The number of aliphatic hydroxyl groups excluding tert-OH is 1. The summed E-state index contributed by atoms with van der Waals surface area (Å²) in [7, 11) is -9.94. The summed E-state index contributed by atoms with van der Waals surface area (Å²) in [6, 6.07) is 0. The van der Waals surface area contributed by atoms with Gasteiger partial charge in [-0.15, -0.1) is 0 Å². The zero-order valence-corrected chi connectivity index (χ0v) is 66.1. The van der Waals surface area contributed by atoms with Gasteiger partial charge in [0, 0.05) is 25.7 Å². The maximum absolute atomic E-state index is 13.1. The van der Waals surface area contributed by atoms with Crippen molar-refractivity contribution in [3.63, 3.8) is 0 Å². The Morgan fingerprint density at radius 2 is 0.560 bits per heavy atom. The lowest BCUT2D eigenvalue weighted by Gasteiger charge is -2.21. The van der Waals surface area contributed by atoms with Gasteiger partial charge < -0.3 is 33.8 Å². The van der Waals surface area contributed by atoms with Crippen molar-refractivity contribution in [1.29, 1.82) is 0 Å². The second-order valence-corrected chi connectivity index (χ2v) is 30.9. The molecule has 0 spiro atoms. The molecule has 0 aliphatic rings. The highest BCUT2D eigenvalue weighted by Crippen LogP contribution is 2.45. The van der Waals surface area contributed by atoms with E-state index in [9.17, 15) is 43.2 Å². The lowest BCUT2D eigenvalue weighted by molar-refractivity contribution is -0.161. The number of rotatable bonds is 77. The van der Waals surface area contributed by atoms with E-state index in [1.54, 1.807) is 0 Å². The molecule has 0 bridgehead atoms. The van der Waals surface area contributed by atoms with Gasteiger partial charge in [0.1, 0.15) is 19.3 Å². The summed E-state index contributed by atoms with van der Waals surface area (Å²) in [5.41, 5.74) is 0. The van der Waals surface area contributed by atoms with Crippen LogP contribution in [0.15, 0.2) is 48.6 Å². The summed E-state index contributed by atoms with van der Waals surface area (Å²) < 4.78 is 68.5. The Morgan fingerprint density at radius 1 is 0.320 bits per heavy atom. The van der Waals surface area contributed by atoms with Crippen molar-refractivity contribution in [2.45, 2.75) is 400 Å². The second-order valence-electron chi connectivity index (χ2n) is 28.0. The molecule has 0 aromatic carbocycles. The van der Waals surface area contributed by atoms with Crippen LogP contribution >= 0.6 is 15.6 Å². The Labute approximate surface area is 610 Å². The molecule has 0 fully saturated rings. The molecule has 0 aliphatic carbocycles. The summed E-state index contributed by atoms with van der Waals surface area (Å²) in [6.45, 7) is 7.23.